The van der Waals surface area contributed by atoms with Gasteiger partial charge >= 0.3 is 0 Å². The highest BCUT2D eigenvalue weighted by atomic mass is 32.2. The van der Waals surface area contributed by atoms with E-state index in [4.69, 9.17) is 4.74 Å². The largest absolute Gasteiger partial charge is 0.497 e. The fourth-order valence-electron chi connectivity index (χ4n) is 1.31. The van der Waals surface area contributed by atoms with E-state index in [1.807, 2.05) is 18.2 Å². The van der Waals surface area contributed by atoms with Crippen LogP contribution in [-0.4, -0.2) is 35.0 Å². The second-order valence-corrected chi connectivity index (χ2v) is 4.23. The molecule has 6 heteroatoms. The van der Waals surface area contributed by atoms with Gasteiger partial charge in [0, 0.05) is 11.8 Å². The summed E-state index contributed by atoms with van der Waals surface area (Å²) in [5, 5.41) is 11.2. The van der Waals surface area contributed by atoms with Crippen molar-refractivity contribution in [1.82, 2.24) is 5.17 Å². The second-order valence-electron chi connectivity index (χ2n) is 3.17. The van der Waals surface area contributed by atoms with Gasteiger partial charge in [-0.3, -0.25) is 15.6 Å². The summed E-state index contributed by atoms with van der Waals surface area (Å²) < 4.78 is 5.09. The van der Waals surface area contributed by atoms with E-state index in [0.29, 0.717) is 5.17 Å². The highest BCUT2D eigenvalue weighted by molar-refractivity contribution is 8.14. The Morgan fingerprint density at radius 3 is 3.12 bits per heavy atom. The Kier molecular flexibility index (Phi) is 3.53. The molecule has 0 saturated heterocycles. The summed E-state index contributed by atoms with van der Waals surface area (Å²) in [5.74, 6) is 1.64. The van der Waals surface area contributed by atoms with Crippen molar-refractivity contribution in [2.24, 2.45) is 4.99 Å². The molecule has 86 valence electrons. The van der Waals surface area contributed by atoms with Gasteiger partial charge in [-0.15, -0.1) is 5.17 Å². The van der Waals surface area contributed by atoms with Crippen molar-refractivity contribution < 1.29 is 9.94 Å². The molecule has 0 bridgehead atoms. The van der Waals surface area contributed by atoms with Gasteiger partial charge in [0.25, 0.3) is 0 Å². The van der Waals surface area contributed by atoms with Crippen molar-refractivity contribution in [2.75, 3.05) is 24.8 Å². The number of benzene rings is 1. The van der Waals surface area contributed by atoms with Crippen molar-refractivity contribution in [3.8, 4) is 5.75 Å². The van der Waals surface area contributed by atoms with Gasteiger partial charge in [-0.2, -0.15) is 0 Å². The zero-order valence-electron chi connectivity index (χ0n) is 8.88. The number of thioether (sulfide) groups is 1. The molecule has 16 heavy (non-hydrogen) atoms. The van der Waals surface area contributed by atoms with Gasteiger partial charge < -0.3 is 4.74 Å². The SMILES string of the molecule is COc1cccc(NN(O)C2=NCCS2)c1. The van der Waals surface area contributed by atoms with Crippen LogP contribution >= 0.6 is 11.8 Å². The molecule has 0 radical (unpaired) electrons. The Labute approximate surface area is 98.0 Å². The summed E-state index contributed by atoms with van der Waals surface area (Å²) in [5.41, 5.74) is 3.56. The minimum Gasteiger partial charge on any atom is -0.497 e. The second kappa shape index (κ2) is 5.09. The van der Waals surface area contributed by atoms with Crippen LogP contribution < -0.4 is 10.2 Å². The van der Waals surface area contributed by atoms with Gasteiger partial charge in [-0.1, -0.05) is 17.8 Å². The topological polar surface area (TPSA) is 57.1 Å². The van der Waals surface area contributed by atoms with Gasteiger partial charge in [-0.25, -0.2) is 0 Å². The maximum Gasteiger partial charge on any atom is 0.206 e. The fraction of sp³-hybridized carbons (Fsp3) is 0.300. The Hall–Kier alpha value is -1.40. The number of hydroxylamine groups is 1. The number of hydrogen-bond acceptors (Lipinski definition) is 6. The Bertz CT molecular complexity index is 397. The number of hydrazine groups is 1. The van der Waals surface area contributed by atoms with Gasteiger partial charge in [0.15, 0.2) is 0 Å². The minimum absolute atomic E-state index is 0.586. The van der Waals surface area contributed by atoms with Crippen LogP contribution in [0.5, 0.6) is 5.75 Å². The van der Waals surface area contributed by atoms with E-state index < -0.39 is 0 Å². The zero-order chi connectivity index (χ0) is 11.4. The number of nitrogens with zero attached hydrogens (tertiary/aromatic N) is 2. The first-order chi connectivity index (χ1) is 7.79. The number of anilines is 1. The third-order valence-corrected chi connectivity index (χ3v) is 3.00. The molecule has 1 aliphatic rings. The lowest BCUT2D eigenvalue weighted by atomic mass is 10.3. The highest BCUT2D eigenvalue weighted by Gasteiger charge is 2.13. The van der Waals surface area contributed by atoms with Crippen LogP contribution in [0.4, 0.5) is 5.69 Å². The Morgan fingerprint density at radius 1 is 1.56 bits per heavy atom. The van der Waals surface area contributed by atoms with Crippen molar-refractivity contribution in [1.29, 1.82) is 0 Å². The van der Waals surface area contributed by atoms with Crippen LogP contribution in [0.15, 0.2) is 29.3 Å². The molecule has 2 rings (SSSR count). The molecule has 1 aliphatic heterocycles. The quantitative estimate of drug-likeness (QED) is 0.788. The molecule has 0 atom stereocenters. The van der Waals surface area contributed by atoms with Crippen LogP contribution in [-0.2, 0) is 0 Å². The van der Waals surface area contributed by atoms with E-state index in [-0.39, 0.29) is 0 Å². The molecule has 0 aliphatic carbocycles. The zero-order valence-corrected chi connectivity index (χ0v) is 9.70. The van der Waals surface area contributed by atoms with E-state index in [1.54, 1.807) is 13.2 Å². The lowest BCUT2D eigenvalue weighted by molar-refractivity contribution is 0.0162. The average molecular weight is 239 g/mol. The first-order valence-corrected chi connectivity index (χ1v) is 5.85. The number of nitrogens with one attached hydrogen (secondary N) is 1. The number of ether oxygens (including phenoxy) is 1. The van der Waals surface area contributed by atoms with Crippen molar-refractivity contribution in [3.63, 3.8) is 0 Å². The lowest BCUT2D eigenvalue weighted by Gasteiger charge is -2.17. The highest BCUT2D eigenvalue weighted by Crippen LogP contribution is 2.19. The molecule has 1 aromatic rings. The Morgan fingerprint density at radius 2 is 2.44 bits per heavy atom. The molecular formula is C10H13N3O2S. The lowest BCUT2D eigenvalue weighted by Crippen LogP contribution is -2.30. The third-order valence-electron chi connectivity index (χ3n) is 2.06. The molecule has 1 aromatic carbocycles. The van der Waals surface area contributed by atoms with Crippen molar-refractivity contribution >= 4 is 22.6 Å². The average Bonchev–Trinajstić information content (AvgIpc) is 2.83. The third kappa shape index (κ3) is 2.59. The number of methoxy groups -OCH3 is 1. The summed E-state index contributed by atoms with van der Waals surface area (Å²) in [4.78, 5) is 4.14. The molecule has 0 fully saturated rings. The van der Waals surface area contributed by atoms with Crippen molar-refractivity contribution in [2.45, 2.75) is 0 Å². The summed E-state index contributed by atoms with van der Waals surface area (Å²) >= 11 is 1.51. The molecule has 5 nitrogen and oxygen atoms in total. The molecule has 0 aromatic heterocycles. The standard InChI is InChI=1S/C10H13N3O2S/c1-15-9-4-2-3-8(7-9)12-13(14)10-11-5-6-16-10/h2-4,7,12,14H,5-6H2,1H3. The van der Waals surface area contributed by atoms with E-state index in [9.17, 15) is 5.21 Å². The first-order valence-electron chi connectivity index (χ1n) is 4.86. The molecule has 2 N–H and O–H groups in total. The number of rotatable bonds is 3. The fourth-order valence-corrected chi connectivity index (χ4v) is 2.03. The van der Waals surface area contributed by atoms with Crippen LogP contribution in [0.25, 0.3) is 0 Å². The smallest absolute Gasteiger partial charge is 0.206 e. The predicted octanol–water partition coefficient (Wildman–Crippen LogP) is 1.82. The molecule has 0 saturated carbocycles. The van der Waals surface area contributed by atoms with Crippen LogP contribution in [0, 0.1) is 0 Å². The van der Waals surface area contributed by atoms with Gasteiger partial charge in [-0.05, 0) is 12.1 Å². The van der Waals surface area contributed by atoms with Gasteiger partial charge in [0.1, 0.15) is 5.75 Å². The maximum absolute atomic E-state index is 9.70. The van der Waals surface area contributed by atoms with E-state index >= 15 is 0 Å². The molecule has 0 spiro atoms. The summed E-state index contributed by atoms with van der Waals surface area (Å²) in [6.07, 6.45) is 0. The maximum atomic E-state index is 9.70. The minimum atomic E-state index is 0.586. The first kappa shape index (κ1) is 11.1. The normalized spacial score (nSPS) is 14.5. The molecular weight excluding hydrogens is 226 g/mol. The molecule has 1 heterocycles. The number of aliphatic imine (C=N–C) groups is 1. The Balaban J connectivity index is 2.02. The number of amidine groups is 1. The molecule has 0 amide bonds. The summed E-state index contributed by atoms with van der Waals surface area (Å²) in [6.45, 7) is 0.747. The van der Waals surface area contributed by atoms with E-state index in [2.05, 4.69) is 10.4 Å². The summed E-state index contributed by atoms with van der Waals surface area (Å²) in [6, 6.07) is 7.32. The van der Waals surface area contributed by atoms with Crippen molar-refractivity contribution in [3.05, 3.63) is 24.3 Å². The monoisotopic (exact) mass is 239 g/mol. The van der Waals surface area contributed by atoms with E-state index in [0.717, 1.165) is 28.9 Å². The molecule has 0 unspecified atom stereocenters. The van der Waals surface area contributed by atoms with Gasteiger partial charge in [0.2, 0.25) is 5.17 Å². The van der Waals surface area contributed by atoms with Gasteiger partial charge in [0.05, 0.1) is 19.3 Å². The number of hydrogen-bond donors (Lipinski definition) is 2. The summed E-state index contributed by atoms with van der Waals surface area (Å²) in [7, 11) is 1.60. The predicted molar refractivity (Wildman–Crippen MR) is 65.0 cm³/mol. The van der Waals surface area contributed by atoms with Crippen LogP contribution in [0.1, 0.15) is 0 Å². The van der Waals surface area contributed by atoms with Crippen LogP contribution in [0.2, 0.25) is 0 Å². The van der Waals surface area contributed by atoms with E-state index in [1.165, 1.54) is 11.8 Å². The van der Waals surface area contributed by atoms with Crippen LogP contribution in [0.3, 0.4) is 0 Å².